The summed E-state index contributed by atoms with van der Waals surface area (Å²) in [5.41, 5.74) is 7.87. The first-order valence-corrected chi connectivity index (χ1v) is 11.7. The Labute approximate surface area is 195 Å². The minimum Gasteiger partial charge on any atom is -0.466 e. The van der Waals surface area contributed by atoms with E-state index in [4.69, 9.17) is 9.47 Å². The first kappa shape index (κ1) is 23.3. The van der Waals surface area contributed by atoms with Gasteiger partial charge in [0, 0.05) is 42.0 Å². The normalized spacial score (nSPS) is 11.2. The van der Waals surface area contributed by atoms with E-state index in [1.807, 2.05) is 30.3 Å². The van der Waals surface area contributed by atoms with Crippen LogP contribution in [-0.2, 0) is 39.2 Å². The Hall–Kier alpha value is -2.36. The number of methoxy groups -OCH3 is 1. The Morgan fingerprint density at radius 2 is 1.87 bits per heavy atom. The number of ether oxygens (including phenoxy) is 2. The van der Waals surface area contributed by atoms with E-state index in [1.54, 1.807) is 0 Å². The summed E-state index contributed by atoms with van der Waals surface area (Å²) in [6.07, 6.45) is 1.22. The molecule has 0 bridgehead atoms. The van der Waals surface area contributed by atoms with Crippen LogP contribution in [0.5, 0.6) is 0 Å². The van der Waals surface area contributed by atoms with Gasteiger partial charge in [-0.1, -0.05) is 34.7 Å². The molecule has 0 saturated carbocycles. The number of hydrogen-bond donors (Lipinski definition) is 0. The molecule has 0 unspecified atom stereocenters. The van der Waals surface area contributed by atoms with Crippen molar-refractivity contribution >= 4 is 45.4 Å². The van der Waals surface area contributed by atoms with Gasteiger partial charge in [0.15, 0.2) is 0 Å². The van der Waals surface area contributed by atoms with Crippen LogP contribution in [0.3, 0.4) is 0 Å². The number of nitrogens with zero attached hydrogens (tertiary/aromatic N) is 3. The predicted molar refractivity (Wildman–Crippen MR) is 129 cm³/mol. The van der Waals surface area contributed by atoms with Gasteiger partial charge in [-0.2, -0.15) is 5.10 Å². The summed E-state index contributed by atoms with van der Waals surface area (Å²) in [6, 6.07) is 4.16. The third kappa shape index (κ3) is 4.22. The standard InChI is InChI=1S/C23H28IN3O4/c1-13-9-10-17-16(8-7-11-31-15(3)28)22(23(29)30-6)26(4)21(17)19(13)20-14(2)25-27(5)18(20)12-24/h9-10H,7-8,11-12H2,1-6H3. The summed E-state index contributed by atoms with van der Waals surface area (Å²) in [5.74, 6) is -0.677. The number of esters is 2. The SMILES string of the molecule is COC(=O)c1c(CCCOC(C)=O)c2ccc(C)c(-c3c(C)nn(C)c3CI)c2n1C. The molecule has 0 aliphatic rings. The van der Waals surface area contributed by atoms with E-state index in [0.29, 0.717) is 25.1 Å². The molecule has 0 amide bonds. The average molecular weight is 537 g/mol. The molecule has 1 aromatic carbocycles. The number of rotatable bonds is 7. The fourth-order valence-corrected chi connectivity index (χ4v) is 5.18. The lowest BCUT2D eigenvalue weighted by molar-refractivity contribution is -0.141. The molecule has 0 atom stereocenters. The van der Waals surface area contributed by atoms with E-state index in [1.165, 1.54) is 14.0 Å². The minimum absolute atomic E-state index is 0.303. The van der Waals surface area contributed by atoms with Crippen molar-refractivity contribution in [3.63, 3.8) is 0 Å². The summed E-state index contributed by atoms with van der Waals surface area (Å²) in [7, 11) is 5.27. The van der Waals surface area contributed by atoms with Crippen LogP contribution < -0.4 is 0 Å². The van der Waals surface area contributed by atoms with Gasteiger partial charge >= 0.3 is 11.9 Å². The molecule has 2 heterocycles. The third-order valence-corrected chi connectivity index (χ3v) is 6.36. The zero-order chi connectivity index (χ0) is 22.9. The highest BCUT2D eigenvalue weighted by Gasteiger charge is 2.26. The number of hydrogen-bond acceptors (Lipinski definition) is 5. The summed E-state index contributed by atoms with van der Waals surface area (Å²) < 4.78 is 14.9. The second-order valence-electron chi connectivity index (χ2n) is 7.64. The number of alkyl halides is 1. The number of carbonyl (C=O) groups excluding carboxylic acids is 2. The average Bonchev–Trinajstić information content (AvgIpc) is 3.17. The van der Waals surface area contributed by atoms with Crippen LogP contribution >= 0.6 is 22.6 Å². The van der Waals surface area contributed by atoms with E-state index in [2.05, 4.69) is 46.7 Å². The molecular formula is C23H28IN3O4. The summed E-state index contributed by atoms with van der Waals surface area (Å²) >= 11 is 2.36. The largest absolute Gasteiger partial charge is 0.466 e. The lowest BCUT2D eigenvalue weighted by Gasteiger charge is -2.12. The van der Waals surface area contributed by atoms with E-state index in [0.717, 1.165) is 49.0 Å². The zero-order valence-electron chi connectivity index (χ0n) is 18.8. The lowest BCUT2D eigenvalue weighted by Crippen LogP contribution is -2.11. The molecule has 0 N–H and O–H groups in total. The Bertz CT molecular complexity index is 1160. The number of fused-ring (bicyclic) bond motifs is 1. The molecule has 31 heavy (non-hydrogen) atoms. The maximum absolute atomic E-state index is 12.7. The van der Waals surface area contributed by atoms with Gasteiger partial charge in [0.05, 0.1) is 30.6 Å². The molecular weight excluding hydrogens is 509 g/mol. The van der Waals surface area contributed by atoms with Gasteiger partial charge in [0.25, 0.3) is 0 Å². The molecule has 2 aromatic heterocycles. The van der Waals surface area contributed by atoms with E-state index in [-0.39, 0.29) is 11.9 Å². The quantitative estimate of drug-likeness (QED) is 0.193. The Morgan fingerprint density at radius 3 is 2.48 bits per heavy atom. The third-order valence-electron chi connectivity index (χ3n) is 5.64. The first-order chi connectivity index (χ1) is 14.7. The van der Waals surface area contributed by atoms with Crippen LogP contribution in [0, 0.1) is 13.8 Å². The van der Waals surface area contributed by atoms with Crippen LogP contribution in [0.25, 0.3) is 22.0 Å². The van der Waals surface area contributed by atoms with Crippen molar-refractivity contribution < 1.29 is 19.1 Å². The Kier molecular flexibility index (Phi) is 7.08. The van der Waals surface area contributed by atoms with Crippen molar-refractivity contribution in [2.24, 2.45) is 14.1 Å². The molecule has 3 rings (SSSR count). The number of carbonyl (C=O) groups is 2. The van der Waals surface area contributed by atoms with Crippen LogP contribution in [0.15, 0.2) is 12.1 Å². The van der Waals surface area contributed by atoms with Gasteiger partial charge in [-0.05, 0) is 37.8 Å². The maximum atomic E-state index is 12.7. The summed E-state index contributed by atoms with van der Waals surface area (Å²) in [4.78, 5) is 23.9. The Morgan fingerprint density at radius 1 is 1.16 bits per heavy atom. The van der Waals surface area contributed by atoms with Crippen LogP contribution in [-0.4, -0.2) is 40.0 Å². The maximum Gasteiger partial charge on any atom is 0.354 e. The number of benzene rings is 1. The minimum atomic E-state index is -0.373. The smallest absolute Gasteiger partial charge is 0.354 e. The molecule has 0 saturated heterocycles. The molecule has 0 aliphatic carbocycles. The van der Waals surface area contributed by atoms with Crippen molar-refractivity contribution in [2.75, 3.05) is 13.7 Å². The van der Waals surface area contributed by atoms with Crippen LogP contribution in [0.4, 0.5) is 0 Å². The van der Waals surface area contributed by atoms with Gasteiger partial charge in [-0.3, -0.25) is 9.48 Å². The second-order valence-corrected chi connectivity index (χ2v) is 8.40. The molecule has 0 radical (unpaired) electrons. The predicted octanol–water partition coefficient (Wildman–Crippen LogP) is 4.41. The summed E-state index contributed by atoms with van der Waals surface area (Å²) in [5, 5.41) is 5.66. The highest BCUT2D eigenvalue weighted by Crippen LogP contribution is 2.40. The number of halogens is 1. The topological polar surface area (TPSA) is 75.4 Å². The van der Waals surface area contributed by atoms with Gasteiger partial charge in [0.1, 0.15) is 5.69 Å². The van der Waals surface area contributed by atoms with Crippen molar-refractivity contribution in [3.8, 4) is 11.1 Å². The van der Waals surface area contributed by atoms with Crippen molar-refractivity contribution in [2.45, 2.75) is 38.0 Å². The highest BCUT2D eigenvalue weighted by atomic mass is 127. The highest BCUT2D eigenvalue weighted by molar-refractivity contribution is 14.1. The van der Waals surface area contributed by atoms with E-state index >= 15 is 0 Å². The zero-order valence-corrected chi connectivity index (χ0v) is 21.0. The van der Waals surface area contributed by atoms with Gasteiger partial charge in [-0.25, -0.2) is 4.79 Å². The monoisotopic (exact) mass is 537 g/mol. The van der Waals surface area contributed by atoms with Crippen LogP contribution in [0.1, 0.15) is 46.3 Å². The van der Waals surface area contributed by atoms with Gasteiger partial charge < -0.3 is 14.0 Å². The molecule has 0 aliphatic heterocycles. The number of aryl methyl sites for hydroxylation is 5. The molecule has 0 spiro atoms. The van der Waals surface area contributed by atoms with Crippen molar-refractivity contribution in [1.82, 2.24) is 14.3 Å². The molecule has 3 aromatic rings. The molecule has 166 valence electrons. The Balaban J connectivity index is 2.28. The molecule has 0 fully saturated rings. The fourth-order valence-electron chi connectivity index (χ4n) is 4.30. The molecule has 7 nitrogen and oxygen atoms in total. The van der Waals surface area contributed by atoms with Gasteiger partial charge in [0.2, 0.25) is 0 Å². The van der Waals surface area contributed by atoms with E-state index in [9.17, 15) is 9.59 Å². The molecule has 8 heteroatoms. The first-order valence-electron chi connectivity index (χ1n) is 10.1. The fraction of sp³-hybridized carbons (Fsp3) is 0.435. The number of aromatic nitrogens is 3. The van der Waals surface area contributed by atoms with Crippen molar-refractivity contribution in [3.05, 3.63) is 40.3 Å². The lowest BCUT2D eigenvalue weighted by atomic mass is 9.94. The van der Waals surface area contributed by atoms with Gasteiger partial charge in [-0.15, -0.1) is 0 Å². The summed E-state index contributed by atoms with van der Waals surface area (Å²) in [6.45, 7) is 5.82. The van der Waals surface area contributed by atoms with Crippen molar-refractivity contribution in [1.29, 1.82) is 0 Å². The van der Waals surface area contributed by atoms with Crippen LogP contribution in [0.2, 0.25) is 0 Å². The second kappa shape index (κ2) is 9.42. The van der Waals surface area contributed by atoms with E-state index < -0.39 is 0 Å².